The first-order valence-electron chi connectivity index (χ1n) is 4.65. The van der Waals surface area contributed by atoms with Crippen LogP contribution in [-0.2, 0) is 19.0 Å². The average Bonchev–Trinajstić information content (AvgIpc) is 2.27. The highest BCUT2D eigenvalue weighted by Crippen LogP contribution is 2.29. The molecule has 0 aromatic heterocycles. The second-order valence-electron chi connectivity index (χ2n) is 3.31. The summed E-state index contributed by atoms with van der Waals surface area (Å²) in [7, 11) is 3.14. The normalized spacial score (nSPS) is 28.5. The Labute approximate surface area is 87.8 Å². The lowest BCUT2D eigenvalue weighted by Crippen LogP contribution is -2.29. The summed E-state index contributed by atoms with van der Waals surface area (Å²) < 4.78 is 15.4. The van der Waals surface area contributed by atoms with Gasteiger partial charge in [-0.15, -0.1) is 0 Å². The average molecular weight is 208 g/mol. The maximum Gasteiger partial charge on any atom is 0.331 e. The number of hydrogen-bond acceptors (Lipinski definition) is 4. The van der Waals surface area contributed by atoms with E-state index in [1.807, 2.05) is 6.08 Å². The van der Waals surface area contributed by atoms with E-state index >= 15 is 0 Å². The van der Waals surface area contributed by atoms with Crippen molar-refractivity contribution in [2.75, 3.05) is 14.2 Å². The van der Waals surface area contributed by atoms with Crippen LogP contribution in [0.2, 0.25) is 0 Å². The Bertz CT molecular complexity index is 365. The Morgan fingerprint density at radius 1 is 1.20 bits per heavy atom. The number of carbonyl (C=O) groups excluding carboxylic acids is 1. The molecule has 0 aromatic rings. The van der Waals surface area contributed by atoms with Gasteiger partial charge in [-0.1, -0.05) is 6.08 Å². The Hall–Kier alpha value is -1.71. The van der Waals surface area contributed by atoms with Gasteiger partial charge in [-0.05, 0) is 6.08 Å². The van der Waals surface area contributed by atoms with E-state index < -0.39 is 0 Å². The van der Waals surface area contributed by atoms with Gasteiger partial charge in [-0.3, -0.25) is 0 Å². The number of fused-ring (bicyclic) bond motifs is 1. The van der Waals surface area contributed by atoms with E-state index in [1.165, 1.54) is 6.08 Å². The summed E-state index contributed by atoms with van der Waals surface area (Å²) >= 11 is 0. The Morgan fingerprint density at radius 2 is 1.87 bits per heavy atom. The van der Waals surface area contributed by atoms with Crippen molar-refractivity contribution in [2.24, 2.45) is 5.92 Å². The van der Waals surface area contributed by atoms with Crippen LogP contribution in [0.5, 0.6) is 0 Å². The molecule has 4 nitrogen and oxygen atoms in total. The lowest BCUT2D eigenvalue weighted by Gasteiger charge is -2.27. The molecular formula is C11H12O4. The Balaban J connectivity index is 2.30. The molecule has 1 heterocycles. The molecule has 0 saturated carbocycles. The summed E-state index contributed by atoms with van der Waals surface area (Å²) in [5, 5.41) is 0. The highest BCUT2D eigenvalue weighted by Gasteiger charge is 2.29. The summed E-state index contributed by atoms with van der Waals surface area (Å²) in [6.45, 7) is 0. The van der Waals surface area contributed by atoms with Gasteiger partial charge in [0, 0.05) is 18.1 Å². The zero-order valence-electron chi connectivity index (χ0n) is 8.60. The predicted molar refractivity (Wildman–Crippen MR) is 52.7 cm³/mol. The van der Waals surface area contributed by atoms with Crippen molar-refractivity contribution >= 4 is 5.97 Å². The first-order chi connectivity index (χ1) is 7.24. The summed E-state index contributed by atoms with van der Waals surface area (Å²) in [6.07, 6.45) is 6.59. The van der Waals surface area contributed by atoms with Gasteiger partial charge in [-0.2, -0.15) is 0 Å². The van der Waals surface area contributed by atoms with Crippen LogP contribution in [0, 0.1) is 5.92 Å². The molecule has 0 spiro atoms. The summed E-state index contributed by atoms with van der Waals surface area (Å²) in [6, 6.07) is 0. The molecule has 2 atom stereocenters. The molecule has 2 aliphatic rings. The van der Waals surface area contributed by atoms with Crippen molar-refractivity contribution in [3.8, 4) is 0 Å². The van der Waals surface area contributed by atoms with Crippen LogP contribution in [-0.4, -0.2) is 26.3 Å². The largest absolute Gasteiger partial charge is 0.493 e. The van der Waals surface area contributed by atoms with E-state index in [9.17, 15) is 4.79 Å². The molecule has 80 valence electrons. The third kappa shape index (κ3) is 1.75. The van der Waals surface area contributed by atoms with Crippen molar-refractivity contribution in [2.45, 2.75) is 6.10 Å². The fourth-order valence-corrected chi connectivity index (χ4v) is 1.67. The fourth-order valence-electron chi connectivity index (χ4n) is 1.67. The third-order valence-corrected chi connectivity index (χ3v) is 2.43. The standard InChI is InChI=1S/C11H12O4/c1-13-9-5-7-3-4-11(12)15-8(7)6-10(9)14-2/h3-8H,1-2H3/t7-,8-/m0/s1. The number of ether oxygens (including phenoxy) is 3. The fraction of sp³-hybridized carbons (Fsp3) is 0.364. The van der Waals surface area contributed by atoms with Gasteiger partial charge >= 0.3 is 5.97 Å². The molecule has 0 aromatic carbocycles. The van der Waals surface area contributed by atoms with Crippen molar-refractivity contribution in [3.05, 3.63) is 35.8 Å². The first kappa shape index (κ1) is 9.83. The van der Waals surface area contributed by atoms with Crippen molar-refractivity contribution in [1.29, 1.82) is 0 Å². The molecule has 4 heteroatoms. The quantitative estimate of drug-likeness (QED) is 0.639. The maximum absolute atomic E-state index is 11.0. The van der Waals surface area contributed by atoms with Gasteiger partial charge in [0.2, 0.25) is 0 Å². The van der Waals surface area contributed by atoms with E-state index in [1.54, 1.807) is 26.4 Å². The summed E-state index contributed by atoms with van der Waals surface area (Å²) in [4.78, 5) is 11.0. The lowest BCUT2D eigenvalue weighted by atomic mass is 9.94. The molecule has 0 saturated heterocycles. The van der Waals surface area contributed by atoms with Crippen LogP contribution in [0.15, 0.2) is 35.8 Å². The van der Waals surface area contributed by atoms with Crippen molar-refractivity contribution < 1.29 is 19.0 Å². The van der Waals surface area contributed by atoms with E-state index in [-0.39, 0.29) is 18.0 Å². The Morgan fingerprint density at radius 3 is 2.53 bits per heavy atom. The van der Waals surface area contributed by atoms with E-state index in [2.05, 4.69) is 0 Å². The highest BCUT2D eigenvalue weighted by molar-refractivity contribution is 5.83. The van der Waals surface area contributed by atoms with Gasteiger partial charge in [0.25, 0.3) is 0 Å². The third-order valence-electron chi connectivity index (χ3n) is 2.43. The SMILES string of the molecule is COC1=C[C@@H]2C=CC(=O)O[C@H]2C=C1OC. The minimum atomic E-state index is -0.322. The summed E-state index contributed by atoms with van der Waals surface area (Å²) in [5.74, 6) is 0.983. The van der Waals surface area contributed by atoms with Crippen LogP contribution < -0.4 is 0 Å². The number of carbonyl (C=O) groups is 1. The van der Waals surface area contributed by atoms with E-state index in [4.69, 9.17) is 14.2 Å². The molecule has 0 radical (unpaired) electrons. The highest BCUT2D eigenvalue weighted by atomic mass is 16.5. The zero-order valence-corrected chi connectivity index (χ0v) is 8.60. The second-order valence-corrected chi connectivity index (χ2v) is 3.31. The minimum absolute atomic E-state index is 0.0385. The lowest BCUT2D eigenvalue weighted by molar-refractivity contribution is -0.143. The van der Waals surface area contributed by atoms with Gasteiger partial charge < -0.3 is 14.2 Å². The second kappa shape index (κ2) is 3.81. The summed E-state index contributed by atoms with van der Waals surface area (Å²) in [5.41, 5.74) is 0. The molecule has 2 rings (SSSR count). The van der Waals surface area contributed by atoms with Gasteiger partial charge in [0.1, 0.15) is 6.10 Å². The first-order valence-corrected chi connectivity index (χ1v) is 4.65. The van der Waals surface area contributed by atoms with Crippen LogP contribution in [0.1, 0.15) is 0 Å². The van der Waals surface area contributed by atoms with Crippen molar-refractivity contribution in [1.82, 2.24) is 0 Å². The van der Waals surface area contributed by atoms with Gasteiger partial charge in [-0.25, -0.2) is 4.79 Å². The molecule has 1 aliphatic carbocycles. The molecule has 1 aliphatic heterocycles. The smallest absolute Gasteiger partial charge is 0.331 e. The van der Waals surface area contributed by atoms with Crippen LogP contribution >= 0.6 is 0 Å². The van der Waals surface area contributed by atoms with E-state index in [0.29, 0.717) is 11.5 Å². The predicted octanol–water partition coefficient (Wildman–Crippen LogP) is 1.16. The molecule has 0 amide bonds. The van der Waals surface area contributed by atoms with Crippen LogP contribution in [0.3, 0.4) is 0 Å². The number of hydrogen-bond donors (Lipinski definition) is 0. The number of methoxy groups -OCH3 is 2. The van der Waals surface area contributed by atoms with Gasteiger partial charge in [0.15, 0.2) is 11.5 Å². The molecule has 0 bridgehead atoms. The molecule has 0 fully saturated rings. The van der Waals surface area contributed by atoms with Crippen molar-refractivity contribution in [3.63, 3.8) is 0 Å². The zero-order chi connectivity index (χ0) is 10.8. The number of rotatable bonds is 2. The van der Waals surface area contributed by atoms with E-state index in [0.717, 1.165) is 0 Å². The van der Waals surface area contributed by atoms with Crippen LogP contribution in [0.4, 0.5) is 0 Å². The molecular weight excluding hydrogens is 196 g/mol. The Kier molecular flexibility index (Phi) is 2.49. The topological polar surface area (TPSA) is 44.8 Å². The maximum atomic E-state index is 11.0. The monoisotopic (exact) mass is 208 g/mol. The molecule has 15 heavy (non-hydrogen) atoms. The molecule has 0 N–H and O–H groups in total. The van der Waals surface area contributed by atoms with Crippen LogP contribution in [0.25, 0.3) is 0 Å². The number of esters is 1. The minimum Gasteiger partial charge on any atom is -0.493 e. The van der Waals surface area contributed by atoms with Gasteiger partial charge in [0.05, 0.1) is 14.2 Å². The molecule has 0 unspecified atom stereocenters.